The summed E-state index contributed by atoms with van der Waals surface area (Å²) in [5.41, 5.74) is 2.03. The van der Waals surface area contributed by atoms with Crippen molar-refractivity contribution in [3.63, 3.8) is 0 Å². The molecule has 1 heterocycles. The van der Waals surface area contributed by atoms with Crippen LogP contribution in [-0.2, 0) is 9.53 Å². The van der Waals surface area contributed by atoms with Gasteiger partial charge in [0.25, 0.3) is 0 Å². The third kappa shape index (κ3) is 2.16. The molecule has 1 aliphatic heterocycles. The fraction of sp³-hybridized carbons (Fsp3) is 0.357. The summed E-state index contributed by atoms with van der Waals surface area (Å²) in [5.74, 6) is 0.0449. The molecule has 84 valence electrons. The molecular weight excluding hydrogens is 200 g/mol. The van der Waals surface area contributed by atoms with E-state index in [1.807, 2.05) is 24.3 Å². The lowest BCUT2D eigenvalue weighted by Crippen LogP contribution is -2.09. The van der Waals surface area contributed by atoms with Gasteiger partial charge in [-0.3, -0.25) is 0 Å². The van der Waals surface area contributed by atoms with Crippen LogP contribution in [0.25, 0.3) is 0 Å². The minimum Gasteiger partial charge on any atom is -0.458 e. The van der Waals surface area contributed by atoms with Crippen LogP contribution in [0.5, 0.6) is 0 Å². The molecule has 0 spiro atoms. The van der Waals surface area contributed by atoms with Gasteiger partial charge in [0, 0.05) is 11.5 Å². The van der Waals surface area contributed by atoms with E-state index in [0.717, 1.165) is 18.4 Å². The fourth-order valence-electron chi connectivity index (χ4n) is 2.13. The first-order valence-corrected chi connectivity index (χ1v) is 5.75. The standard InChI is InChI=1S/C14H16O2/c1-2-6-12(11-7-4-3-5-8-11)13-9-10-16-14(13)15/h3-5,7-9,12H,2,6,10H2,1H3. The number of esters is 1. The van der Waals surface area contributed by atoms with Crippen LogP contribution in [0.15, 0.2) is 42.0 Å². The SMILES string of the molecule is CCCC(C1=CCOC1=O)c1ccccc1. The largest absolute Gasteiger partial charge is 0.458 e. The summed E-state index contributed by atoms with van der Waals surface area (Å²) in [7, 11) is 0. The summed E-state index contributed by atoms with van der Waals surface area (Å²) >= 11 is 0. The highest BCUT2D eigenvalue weighted by molar-refractivity contribution is 5.92. The van der Waals surface area contributed by atoms with Crippen molar-refractivity contribution in [1.29, 1.82) is 0 Å². The van der Waals surface area contributed by atoms with Crippen LogP contribution in [0.2, 0.25) is 0 Å². The molecule has 0 radical (unpaired) electrons. The summed E-state index contributed by atoms with van der Waals surface area (Å²) in [6.07, 6.45) is 3.96. The summed E-state index contributed by atoms with van der Waals surface area (Å²) in [6, 6.07) is 10.2. The lowest BCUT2D eigenvalue weighted by Gasteiger charge is -2.16. The molecule has 1 aromatic carbocycles. The molecule has 1 aromatic rings. The molecule has 0 bridgehead atoms. The third-order valence-corrected chi connectivity index (χ3v) is 2.91. The normalized spacial score (nSPS) is 16.8. The zero-order valence-corrected chi connectivity index (χ0v) is 9.48. The van der Waals surface area contributed by atoms with E-state index >= 15 is 0 Å². The van der Waals surface area contributed by atoms with E-state index in [1.54, 1.807) is 0 Å². The Morgan fingerprint density at radius 1 is 1.31 bits per heavy atom. The molecule has 2 heteroatoms. The minimum absolute atomic E-state index is 0.151. The highest BCUT2D eigenvalue weighted by Crippen LogP contribution is 2.31. The van der Waals surface area contributed by atoms with Crippen molar-refractivity contribution in [3.8, 4) is 0 Å². The van der Waals surface area contributed by atoms with Gasteiger partial charge in [-0.15, -0.1) is 0 Å². The van der Waals surface area contributed by atoms with Gasteiger partial charge in [-0.25, -0.2) is 4.79 Å². The first kappa shape index (κ1) is 10.9. The maximum absolute atomic E-state index is 11.6. The summed E-state index contributed by atoms with van der Waals surface area (Å²) in [5, 5.41) is 0. The number of carbonyl (C=O) groups is 1. The maximum atomic E-state index is 11.6. The smallest absolute Gasteiger partial charge is 0.334 e. The number of rotatable bonds is 4. The molecule has 0 aromatic heterocycles. The second-order valence-electron chi connectivity index (χ2n) is 4.01. The van der Waals surface area contributed by atoms with Crippen molar-refractivity contribution in [2.45, 2.75) is 25.7 Å². The van der Waals surface area contributed by atoms with Crippen molar-refractivity contribution in [2.24, 2.45) is 0 Å². The van der Waals surface area contributed by atoms with Crippen LogP contribution in [0.1, 0.15) is 31.2 Å². The summed E-state index contributed by atoms with van der Waals surface area (Å²) in [6.45, 7) is 2.57. The monoisotopic (exact) mass is 216 g/mol. The predicted octanol–water partition coefficient (Wildman–Crippen LogP) is 3.05. The van der Waals surface area contributed by atoms with Gasteiger partial charge in [-0.05, 0) is 18.1 Å². The molecule has 0 aliphatic carbocycles. The first-order chi connectivity index (χ1) is 7.83. The Labute approximate surface area is 95.9 Å². The second kappa shape index (κ2) is 4.97. The highest BCUT2D eigenvalue weighted by Gasteiger charge is 2.26. The molecule has 0 saturated carbocycles. The number of carbonyl (C=O) groups excluding carboxylic acids is 1. The number of hydrogen-bond acceptors (Lipinski definition) is 2. The molecule has 0 saturated heterocycles. The van der Waals surface area contributed by atoms with Gasteiger partial charge >= 0.3 is 5.97 Å². The molecule has 0 amide bonds. The van der Waals surface area contributed by atoms with Crippen LogP contribution < -0.4 is 0 Å². The van der Waals surface area contributed by atoms with Crippen LogP contribution in [0.3, 0.4) is 0 Å². The van der Waals surface area contributed by atoms with Gasteiger partial charge < -0.3 is 4.74 Å². The first-order valence-electron chi connectivity index (χ1n) is 5.75. The molecule has 1 aliphatic rings. The van der Waals surface area contributed by atoms with Crippen LogP contribution >= 0.6 is 0 Å². The minimum atomic E-state index is -0.151. The van der Waals surface area contributed by atoms with Crippen molar-refractivity contribution in [1.82, 2.24) is 0 Å². The highest BCUT2D eigenvalue weighted by atomic mass is 16.5. The Morgan fingerprint density at radius 3 is 2.62 bits per heavy atom. The van der Waals surface area contributed by atoms with E-state index in [2.05, 4.69) is 19.1 Å². The van der Waals surface area contributed by atoms with Crippen LogP contribution in [0, 0.1) is 0 Å². The molecule has 16 heavy (non-hydrogen) atoms. The Morgan fingerprint density at radius 2 is 2.06 bits per heavy atom. The Bertz CT molecular complexity index is 392. The maximum Gasteiger partial charge on any atom is 0.334 e. The molecule has 2 rings (SSSR count). The third-order valence-electron chi connectivity index (χ3n) is 2.91. The van der Waals surface area contributed by atoms with Gasteiger partial charge in [-0.2, -0.15) is 0 Å². The molecule has 1 unspecified atom stereocenters. The van der Waals surface area contributed by atoms with E-state index in [-0.39, 0.29) is 11.9 Å². The zero-order valence-electron chi connectivity index (χ0n) is 9.48. The van der Waals surface area contributed by atoms with Gasteiger partial charge in [0.1, 0.15) is 6.61 Å². The van der Waals surface area contributed by atoms with Crippen LogP contribution in [-0.4, -0.2) is 12.6 Å². The Hall–Kier alpha value is -1.57. The van der Waals surface area contributed by atoms with Crippen molar-refractivity contribution in [2.75, 3.05) is 6.61 Å². The van der Waals surface area contributed by atoms with Gasteiger partial charge in [-0.1, -0.05) is 43.7 Å². The molecular formula is C14H16O2. The summed E-state index contributed by atoms with van der Waals surface area (Å²) < 4.78 is 4.98. The van der Waals surface area contributed by atoms with Crippen molar-refractivity contribution >= 4 is 5.97 Å². The molecule has 2 nitrogen and oxygen atoms in total. The van der Waals surface area contributed by atoms with Crippen molar-refractivity contribution < 1.29 is 9.53 Å². The topological polar surface area (TPSA) is 26.3 Å². The fourth-order valence-corrected chi connectivity index (χ4v) is 2.13. The number of hydrogen-bond donors (Lipinski definition) is 0. The van der Waals surface area contributed by atoms with Gasteiger partial charge in [0.05, 0.1) is 0 Å². The van der Waals surface area contributed by atoms with Crippen LogP contribution in [0.4, 0.5) is 0 Å². The predicted molar refractivity (Wildman–Crippen MR) is 63.1 cm³/mol. The van der Waals surface area contributed by atoms with E-state index in [9.17, 15) is 4.79 Å². The second-order valence-corrected chi connectivity index (χ2v) is 4.01. The number of cyclic esters (lactones) is 1. The molecule has 1 atom stereocenters. The average Bonchev–Trinajstić information content (AvgIpc) is 2.73. The molecule has 0 fully saturated rings. The molecule has 0 N–H and O–H groups in total. The van der Waals surface area contributed by atoms with Crippen molar-refractivity contribution in [3.05, 3.63) is 47.5 Å². The number of benzene rings is 1. The lowest BCUT2D eigenvalue weighted by molar-refractivity contribution is -0.136. The van der Waals surface area contributed by atoms with Gasteiger partial charge in [0.2, 0.25) is 0 Å². The quantitative estimate of drug-likeness (QED) is 0.723. The van der Waals surface area contributed by atoms with E-state index < -0.39 is 0 Å². The summed E-state index contributed by atoms with van der Waals surface area (Å²) in [4.78, 5) is 11.6. The van der Waals surface area contributed by atoms with Gasteiger partial charge in [0.15, 0.2) is 0 Å². The van der Waals surface area contributed by atoms with E-state index in [4.69, 9.17) is 4.74 Å². The lowest BCUT2D eigenvalue weighted by atomic mass is 9.87. The van der Waals surface area contributed by atoms with E-state index in [0.29, 0.717) is 6.61 Å². The zero-order chi connectivity index (χ0) is 11.4. The number of ether oxygens (including phenoxy) is 1. The average molecular weight is 216 g/mol. The van der Waals surface area contributed by atoms with E-state index in [1.165, 1.54) is 5.56 Å². The Balaban J connectivity index is 2.27. The Kier molecular flexibility index (Phi) is 3.40.